The van der Waals surface area contributed by atoms with Crippen LogP contribution in [0.4, 0.5) is 0 Å². The van der Waals surface area contributed by atoms with Crippen LogP contribution < -0.4 is 19.6 Å². The van der Waals surface area contributed by atoms with Crippen molar-refractivity contribution < 1.29 is 28.5 Å². The van der Waals surface area contributed by atoms with Gasteiger partial charge in [0, 0.05) is 24.6 Å². The van der Waals surface area contributed by atoms with E-state index in [9.17, 15) is 14.7 Å². The van der Waals surface area contributed by atoms with Gasteiger partial charge in [0.05, 0.1) is 14.2 Å². The minimum absolute atomic E-state index is 0.0630. The van der Waals surface area contributed by atoms with Gasteiger partial charge in [0.2, 0.25) is 11.2 Å². The van der Waals surface area contributed by atoms with E-state index in [4.69, 9.17) is 18.6 Å². The molecule has 1 aromatic heterocycles. The molecule has 0 radical (unpaired) electrons. The summed E-state index contributed by atoms with van der Waals surface area (Å²) >= 11 is 0. The molecule has 0 amide bonds. The van der Waals surface area contributed by atoms with Gasteiger partial charge < -0.3 is 23.7 Å². The van der Waals surface area contributed by atoms with E-state index in [-0.39, 0.29) is 28.2 Å². The van der Waals surface area contributed by atoms with E-state index in [1.807, 2.05) is 0 Å². The molecule has 0 aliphatic carbocycles. The van der Waals surface area contributed by atoms with Crippen LogP contribution in [0.25, 0.3) is 22.3 Å². The molecular formula is C19H16O7. The van der Waals surface area contributed by atoms with Gasteiger partial charge in [-0.1, -0.05) is 0 Å². The van der Waals surface area contributed by atoms with Crippen LogP contribution in [-0.2, 0) is 4.79 Å². The molecule has 0 unspecified atom stereocenters. The van der Waals surface area contributed by atoms with E-state index in [2.05, 4.69) is 0 Å². The van der Waals surface area contributed by atoms with E-state index in [1.54, 1.807) is 24.3 Å². The first-order valence-electron chi connectivity index (χ1n) is 7.65. The number of phenolic OH excluding ortho intramolecular Hbond substituents is 1. The third-order valence-electron chi connectivity index (χ3n) is 3.74. The maximum Gasteiger partial charge on any atom is 0.308 e. The van der Waals surface area contributed by atoms with Crippen LogP contribution in [0, 0.1) is 0 Å². The Hall–Kier alpha value is -3.48. The highest BCUT2D eigenvalue weighted by Crippen LogP contribution is 2.36. The van der Waals surface area contributed by atoms with Crippen LogP contribution >= 0.6 is 0 Å². The molecule has 1 heterocycles. The Bertz CT molecular complexity index is 1030. The normalized spacial score (nSPS) is 10.6. The zero-order valence-electron chi connectivity index (χ0n) is 14.4. The fourth-order valence-electron chi connectivity index (χ4n) is 2.54. The largest absolute Gasteiger partial charge is 0.507 e. The summed E-state index contributed by atoms with van der Waals surface area (Å²) in [5.41, 5.74) is -0.0515. The molecule has 0 saturated heterocycles. The Labute approximate surface area is 148 Å². The molecule has 7 heteroatoms. The van der Waals surface area contributed by atoms with Gasteiger partial charge in [0.25, 0.3) is 0 Å². The van der Waals surface area contributed by atoms with Gasteiger partial charge in [-0.2, -0.15) is 0 Å². The highest BCUT2D eigenvalue weighted by molar-refractivity contribution is 5.89. The van der Waals surface area contributed by atoms with Crippen LogP contribution in [0.5, 0.6) is 23.0 Å². The predicted octanol–water partition coefficient (Wildman–Crippen LogP) is 3.11. The van der Waals surface area contributed by atoms with Gasteiger partial charge in [0.1, 0.15) is 28.2 Å². The van der Waals surface area contributed by atoms with Gasteiger partial charge in [-0.3, -0.25) is 9.59 Å². The van der Waals surface area contributed by atoms with Crippen LogP contribution in [0.15, 0.2) is 45.6 Å². The lowest BCUT2D eigenvalue weighted by molar-refractivity contribution is -0.132. The quantitative estimate of drug-likeness (QED) is 0.718. The molecule has 0 saturated carbocycles. The first-order valence-corrected chi connectivity index (χ1v) is 7.65. The monoisotopic (exact) mass is 356 g/mol. The van der Waals surface area contributed by atoms with Crippen molar-refractivity contribution in [2.24, 2.45) is 0 Å². The Morgan fingerprint density at radius 3 is 2.27 bits per heavy atom. The first-order chi connectivity index (χ1) is 12.4. The zero-order valence-corrected chi connectivity index (χ0v) is 14.4. The molecule has 7 nitrogen and oxygen atoms in total. The maximum absolute atomic E-state index is 12.8. The van der Waals surface area contributed by atoms with Crippen molar-refractivity contribution in [3.63, 3.8) is 0 Å². The summed E-state index contributed by atoms with van der Waals surface area (Å²) in [6, 6.07) is 9.44. The van der Waals surface area contributed by atoms with Crippen molar-refractivity contribution >= 4 is 16.9 Å². The number of methoxy groups -OCH3 is 2. The van der Waals surface area contributed by atoms with Gasteiger partial charge in [0.15, 0.2) is 5.76 Å². The van der Waals surface area contributed by atoms with Crippen molar-refractivity contribution in [2.45, 2.75) is 6.92 Å². The first kappa shape index (κ1) is 17.3. The summed E-state index contributed by atoms with van der Waals surface area (Å²) in [5.74, 6) is -0.310. The van der Waals surface area contributed by atoms with Crippen LogP contribution in [0.1, 0.15) is 6.92 Å². The number of carbonyl (C=O) groups excluding carboxylic acids is 1. The molecule has 3 rings (SSSR count). The highest BCUT2D eigenvalue weighted by atomic mass is 16.5. The minimum Gasteiger partial charge on any atom is -0.507 e. The maximum atomic E-state index is 12.8. The Morgan fingerprint density at radius 1 is 1.04 bits per heavy atom. The number of hydrogen-bond acceptors (Lipinski definition) is 7. The summed E-state index contributed by atoms with van der Waals surface area (Å²) in [7, 11) is 2.96. The van der Waals surface area contributed by atoms with Crippen molar-refractivity contribution in [1.29, 1.82) is 0 Å². The van der Waals surface area contributed by atoms with E-state index in [0.717, 1.165) is 0 Å². The molecule has 134 valence electrons. The smallest absolute Gasteiger partial charge is 0.308 e. The van der Waals surface area contributed by atoms with E-state index in [1.165, 1.54) is 33.3 Å². The number of ether oxygens (including phenoxy) is 3. The van der Waals surface area contributed by atoms with Crippen LogP contribution in [0.2, 0.25) is 0 Å². The molecule has 0 fully saturated rings. The lowest BCUT2D eigenvalue weighted by Gasteiger charge is -2.11. The second-order valence-corrected chi connectivity index (χ2v) is 5.43. The van der Waals surface area contributed by atoms with Gasteiger partial charge in [-0.15, -0.1) is 0 Å². The summed E-state index contributed by atoms with van der Waals surface area (Å²) < 4.78 is 21.1. The average molecular weight is 356 g/mol. The SMILES string of the molecule is COc1ccc(-c2oc3cc(OC)cc(O)c3c(=O)c2OC(C)=O)cc1. The van der Waals surface area contributed by atoms with Gasteiger partial charge in [-0.05, 0) is 24.3 Å². The minimum atomic E-state index is -0.681. The van der Waals surface area contributed by atoms with Crippen LogP contribution in [0.3, 0.4) is 0 Å². The van der Waals surface area contributed by atoms with Gasteiger partial charge in [-0.25, -0.2) is 0 Å². The lowest BCUT2D eigenvalue weighted by atomic mass is 10.1. The molecule has 3 aromatic rings. The molecule has 1 N–H and O–H groups in total. The Morgan fingerprint density at radius 2 is 1.69 bits per heavy atom. The lowest BCUT2D eigenvalue weighted by Crippen LogP contribution is -2.13. The van der Waals surface area contributed by atoms with E-state index >= 15 is 0 Å². The molecule has 2 aromatic carbocycles. The van der Waals surface area contributed by atoms with Crippen molar-refractivity contribution in [2.75, 3.05) is 14.2 Å². The molecule has 0 spiro atoms. The standard InChI is InChI=1S/C19H16O7/c1-10(20)25-19-17(22)16-14(21)8-13(24-3)9-15(16)26-18(19)11-4-6-12(23-2)7-5-11/h4-9,21H,1-3H3. The second-order valence-electron chi connectivity index (χ2n) is 5.43. The number of carbonyl (C=O) groups is 1. The number of benzene rings is 2. The third kappa shape index (κ3) is 3.06. The van der Waals surface area contributed by atoms with Crippen molar-refractivity contribution in [3.8, 4) is 34.3 Å². The summed E-state index contributed by atoms with van der Waals surface area (Å²) in [6.07, 6.45) is 0. The van der Waals surface area contributed by atoms with Crippen LogP contribution in [-0.4, -0.2) is 25.3 Å². The number of aromatic hydroxyl groups is 1. The number of hydrogen-bond donors (Lipinski definition) is 1. The molecular weight excluding hydrogens is 340 g/mol. The summed E-state index contributed by atoms with van der Waals surface area (Å²) in [5, 5.41) is 10.1. The molecule has 0 aliphatic heterocycles. The average Bonchev–Trinajstić information content (AvgIpc) is 2.63. The number of phenols is 1. The summed E-state index contributed by atoms with van der Waals surface area (Å²) in [4.78, 5) is 24.3. The number of fused-ring (bicyclic) bond motifs is 1. The number of rotatable bonds is 4. The molecule has 0 atom stereocenters. The Kier molecular flexibility index (Phi) is 4.53. The topological polar surface area (TPSA) is 95.2 Å². The third-order valence-corrected chi connectivity index (χ3v) is 3.74. The predicted molar refractivity (Wildman–Crippen MR) is 94.0 cm³/mol. The Balaban J connectivity index is 2.34. The summed E-state index contributed by atoms with van der Waals surface area (Å²) in [6.45, 7) is 1.18. The van der Waals surface area contributed by atoms with Crippen molar-refractivity contribution in [1.82, 2.24) is 0 Å². The van der Waals surface area contributed by atoms with E-state index < -0.39 is 11.4 Å². The fraction of sp³-hybridized carbons (Fsp3) is 0.158. The fourth-order valence-corrected chi connectivity index (χ4v) is 2.54. The number of esters is 1. The van der Waals surface area contributed by atoms with Crippen molar-refractivity contribution in [3.05, 3.63) is 46.6 Å². The molecule has 0 aliphatic rings. The second kappa shape index (κ2) is 6.79. The molecule has 0 bridgehead atoms. The molecule has 26 heavy (non-hydrogen) atoms. The zero-order chi connectivity index (χ0) is 18.8. The van der Waals surface area contributed by atoms with E-state index in [0.29, 0.717) is 17.1 Å². The van der Waals surface area contributed by atoms with Gasteiger partial charge >= 0.3 is 5.97 Å². The highest BCUT2D eigenvalue weighted by Gasteiger charge is 2.22.